The molecule has 2 aromatic heterocycles. The number of rotatable bonds is 7. The molecule has 0 aliphatic rings. The molecule has 0 atom stereocenters. The van der Waals surface area contributed by atoms with E-state index < -0.39 is 11.2 Å². The van der Waals surface area contributed by atoms with Gasteiger partial charge in [0.2, 0.25) is 0 Å². The SMILES string of the molecule is CCCCn1c(N)c(N(CC)Cc2ccc(F)c3cccnc23)c(=O)[nH]c1=O. The van der Waals surface area contributed by atoms with E-state index in [1.165, 1.54) is 10.6 Å². The molecule has 2 heterocycles. The summed E-state index contributed by atoms with van der Waals surface area (Å²) in [7, 11) is 0. The Labute approximate surface area is 161 Å². The predicted octanol–water partition coefficient (Wildman–Crippen LogP) is 2.63. The fraction of sp³-hybridized carbons (Fsp3) is 0.350. The van der Waals surface area contributed by atoms with Gasteiger partial charge in [-0.05, 0) is 37.1 Å². The lowest BCUT2D eigenvalue weighted by Gasteiger charge is -2.25. The maximum Gasteiger partial charge on any atom is 0.330 e. The van der Waals surface area contributed by atoms with Crippen molar-refractivity contribution in [2.45, 2.75) is 39.8 Å². The molecule has 7 nitrogen and oxygen atoms in total. The smallest absolute Gasteiger partial charge is 0.330 e. The molecular formula is C20H24FN5O2. The van der Waals surface area contributed by atoms with Crippen LogP contribution >= 0.6 is 0 Å². The second kappa shape index (κ2) is 8.24. The van der Waals surface area contributed by atoms with Crippen molar-refractivity contribution in [3.63, 3.8) is 0 Å². The van der Waals surface area contributed by atoms with E-state index in [9.17, 15) is 14.0 Å². The molecule has 0 aliphatic carbocycles. The molecule has 1 aromatic carbocycles. The molecule has 28 heavy (non-hydrogen) atoms. The summed E-state index contributed by atoms with van der Waals surface area (Å²) >= 11 is 0. The summed E-state index contributed by atoms with van der Waals surface area (Å²) in [6, 6.07) is 6.40. The molecule has 0 aliphatic heterocycles. The van der Waals surface area contributed by atoms with Crippen LogP contribution in [0.5, 0.6) is 0 Å². The lowest BCUT2D eigenvalue weighted by Crippen LogP contribution is -2.38. The minimum atomic E-state index is -0.531. The third-order valence-corrected chi connectivity index (χ3v) is 4.81. The standard InChI is InChI=1S/C20H24FN5O2/c1-3-5-11-26-18(22)17(19(27)24-20(26)28)25(4-2)12-13-8-9-15(21)14-7-6-10-23-16(13)14/h6-10H,3-5,11-12,22H2,1-2H3,(H,24,27,28). The van der Waals surface area contributed by atoms with Crippen LogP contribution in [0.25, 0.3) is 10.9 Å². The summed E-state index contributed by atoms with van der Waals surface area (Å²) in [5.74, 6) is -0.205. The molecule has 0 bridgehead atoms. The molecule has 8 heteroatoms. The number of anilines is 2. The molecule has 0 spiro atoms. The third-order valence-electron chi connectivity index (χ3n) is 4.81. The zero-order valence-corrected chi connectivity index (χ0v) is 16.0. The van der Waals surface area contributed by atoms with Gasteiger partial charge in [-0.1, -0.05) is 19.4 Å². The number of halogens is 1. The Hall–Kier alpha value is -3.16. The van der Waals surface area contributed by atoms with Crippen molar-refractivity contribution >= 4 is 22.4 Å². The first-order chi connectivity index (χ1) is 13.5. The van der Waals surface area contributed by atoms with Crippen molar-refractivity contribution < 1.29 is 4.39 Å². The second-order valence-electron chi connectivity index (χ2n) is 6.62. The summed E-state index contributed by atoms with van der Waals surface area (Å²) in [6.07, 6.45) is 3.27. The van der Waals surface area contributed by atoms with E-state index in [0.717, 1.165) is 18.4 Å². The van der Waals surface area contributed by atoms with Crippen LogP contribution in [0.2, 0.25) is 0 Å². The van der Waals surface area contributed by atoms with Crippen LogP contribution in [0.1, 0.15) is 32.3 Å². The van der Waals surface area contributed by atoms with Gasteiger partial charge in [0, 0.05) is 31.2 Å². The number of pyridine rings is 1. The molecule has 0 saturated heterocycles. The fourth-order valence-corrected chi connectivity index (χ4v) is 3.30. The monoisotopic (exact) mass is 385 g/mol. The van der Waals surface area contributed by atoms with Crippen molar-refractivity contribution in [2.75, 3.05) is 17.2 Å². The number of aromatic amines is 1. The van der Waals surface area contributed by atoms with Gasteiger partial charge in [-0.3, -0.25) is 19.3 Å². The summed E-state index contributed by atoms with van der Waals surface area (Å²) < 4.78 is 15.5. The Kier molecular flexibility index (Phi) is 5.77. The van der Waals surface area contributed by atoms with Gasteiger partial charge < -0.3 is 10.6 Å². The van der Waals surface area contributed by atoms with E-state index in [4.69, 9.17) is 5.73 Å². The van der Waals surface area contributed by atoms with E-state index in [-0.39, 0.29) is 17.3 Å². The molecule has 0 fully saturated rings. The molecule has 3 rings (SSSR count). The number of H-pyrrole nitrogens is 1. The lowest BCUT2D eigenvalue weighted by atomic mass is 10.1. The highest BCUT2D eigenvalue weighted by molar-refractivity contribution is 5.82. The summed E-state index contributed by atoms with van der Waals surface area (Å²) in [5.41, 5.74) is 6.72. The molecule has 0 unspecified atom stereocenters. The first-order valence-electron chi connectivity index (χ1n) is 9.37. The largest absolute Gasteiger partial charge is 0.383 e. The van der Waals surface area contributed by atoms with E-state index >= 15 is 0 Å². The maximum atomic E-state index is 14.1. The summed E-state index contributed by atoms with van der Waals surface area (Å²) in [6.45, 7) is 5.12. The fourth-order valence-electron chi connectivity index (χ4n) is 3.30. The number of nitrogens with one attached hydrogen (secondary N) is 1. The van der Waals surface area contributed by atoms with Crippen LogP contribution in [0, 0.1) is 5.82 Å². The second-order valence-corrected chi connectivity index (χ2v) is 6.62. The predicted molar refractivity (Wildman–Crippen MR) is 109 cm³/mol. The quantitative estimate of drug-likeness (QED) is 0.652. The Morgan fingerprint density at radius 2 is 2.04 bits per heavy atom. The number of nitrogens with zero attached hydrogens (tertiary/aromatic N) is 3. The van der Waals surface area contributed by atoms with Gasteiger partial charge in [0.25, 0.3) is 5.56 Å². The van der Waals surface area contributed by atoms with Gasteiger partial charge in [0.15, 0.2) is 0 Å². The highest BCUT2D eigenvalue weighted by atomic mass is 19.1. The van der Waals surface area contributed by atoms with Crippen molar-refractivity contribution in [2.24, 2.45) is 0 Å². The van der Waals surface area contributed by atoms with E-state index in [1.807, 2.05) is 13.8 Å². The van der Waals surface area contributed by atoms with Gasteiger partial charge in [0.05, 0.1) is 5.52 Å². The number of unbranched alkanes of at least 4 members (excludes halogenated alkanes) is 1. The highest BCUT2D eigenvalue weighted by Gasteiger charge is 2.19. The van der Waals surface area contributed by atoms with Crippen LogP contribution in [-0.4, -0.2) is 21.1 Å². The number of hydrogen-bond acceptors (Lipinski definition) is 5. The zero-order valence-electron chi connectivity index (χ0n) is 16.0. The van der Waals surface area contributed by atoms with Crippen LogP contribution in [0.4, 0.5) is 15.9 Å². The number of hydrogen-bond donors (Lipinski definition) is 2. The first kappa shape index (κ1) is 19.6. The van der Waals surface area contributed by atoms with Crippen molar-refractivity contribution in [1.29, 1.82) is 0 Å². The van der Waals surface area contributed by atoms with E-state index in [1.54, 1.807) is 29.3 Å². The zero-order chi connectivity index (χ0) is 20.3. The van der Waals surface area contributed by atoms with Crippen LogP contribution < -0.4 is 21.9 Å². The molecule has 0 amide bonds. The highest BCUT2D eigenvalue weighted by Crippen LogP contribution is 2.24. The summed E-state index contributed by atoms with van der Waals surface area (Å²) in [5, 5.41) is 0.422. The Bertz CT molecular complexity index is 1110. The number of nitrogen functional groups attached to an aromatic ring is 1. The average Bonchev–Trinajstić information content (AvgIpc) is 2.68. The normalized spacial score (nSPS) is 11.1. The van der Waals surface area contributed by atoms with Crippen molar-refractivity contribution in [3.05, 3.63) is 62.7 Å². The number of nitrogens with two attached hydrogens (primary N) is 1. The first-order valence-corrected chi connectivity index (χ1v) is 9.37. The van der Waals surface area contributed by atoms with Gasteiger partial charge in [-0.15, -0.1) is 0 Å². The van der Waals surface area contributed by atoms with Gasteiger partial charge in [0.1, 0.15) is 17.3 Å². The van der Waals surface area contributed by atoms with Gasteiger partial charge >= 0.3 is 5.69 Å². The third kappa shape index (κ3) is 3.62. The van der Waals surface area contributed by atoms with Crippen LogP contribution in [0.3, 0.4) is 0 Å². The molecular weight excluding hydrogens is 361 g/mol. The molecule has 3 N–H and O–H groups in total. The minimum Gasteiger partial charge on any atom is -0.383 e. The van der Waals surface area contributed by atoms with E-state index in [2.05, 4.69) is 9.97 Å². The Morgan fingerprint density at radius 1 is 1.25 bits per heavy atom. The number of aromatic nitrogens is 3. The molecule has 148 valence electrons. The number of benzene rings is 1. The van der Waals surface area contributed by atoms with Gasteiger partial charge in [-0.2, -0.15) is 0 Å². The Balaban J connectivity index is 2.07. The van der Waals surface area contributed by atoms with Crippen LogP contribution in [-0.2, 0) is 13.1 Å². The van der Waals surface area contributed by atoms with E-state index in [0.29, 0.717) is 30.5 Å². The molecule has 0 saturated carbocycles. The lowest BCUT2D eigenvalue weighted by molar-refractivity contribution is 0.602. The Morgan fingerprint density at radius 3 is 2.75 bits per heavy atom. The summed E-state index contributed by atoms with van der Waals surface area (Å²) in [4.78, 5) is 33.1. The topological polar surface area (TPSA) is 97.0 Å². The van der Waals surface area contributed by atoms with Gasteiger partial charge in [-0.25, -0.2) is 9.18 Å². The minimum absolute atomic E-state index is 0.142. The molecule has 0 radical (unpaired) electrons. The maximum absolute atomic E-state index is 14.1. The van der Waals surface area contributed by atoms with Crippen LogP contribution in [0.15, 0.2) is 40.1 Å². The average molecular weight is 385 g/mol. The van der Waals surface area contributed by atoms with Crippen molar-refractivity contribution in [3.8, 4) is 0 Å². The van der Waals surface area contributed by atoms with Crippen molar-refractivity contribution in [1.82, 2.24) is 14.5 Å². The number of fused-ring (bicyclic) bond motifs is 1. The molecule has 3 aromatic rings.